The van der Waals surface area contributed by atoms with E-state index in [0.29, 0.717) is 17.1 Å². The van der Waals surface area contributed by atoms with Crippen LogP contribution in [-0.4, -0.2) is 43.0 Å². The van der Waals surface area contributed by atoms with Gasteiger partial charge in [-0.15, -0.1) is 0 Å². The summed E-state index contributed by atoms with van der Waals surface area (Å²) in [7, 11) is 4.08. The molecule has 0 bridgehead atoms. The summed E-state index contributed by atoms with van der Waals surface area (Å²) in [4.78, 5) is 22.1. The van der Waals surface area contributed by atoms with E-state index in [4.69, 9.17) is 16.6 Å². The molecule has 0 atom stereocenters. The third-order valence-corrected chi connectivity index (χ3v) is 6.12. The SMILES string of the molecule is Cc1cc(C)cc(C(=O)N(CCCN(C)C)c2nc3c(C)c(Cl)ccc3s2)c1. The minimum Gasteiger partial charge on any atom is -0.309 e. The van der Waals surface area contributed by atoms with Crippen molar-refractivity contribution in [3.63, 3.8) is 0 Å². The van der Waals surface area contributed by atoms with E-state index in [1.807, 2.05) is 64.0 Å². The molecule has 0 saturated carbocycles. The maximum Gasteiger partial charge on any atom is 0.260 e. The summed E-state index contributed by atoms with van der Waals surface area (Å²) >= 11 is 7.81. The zero-order valence-corrected chi connectivity index (χ0v) is 18.6. The molecule has 0 spiro atoms. The van der Waals surface area contributed by atoms with Gasteiger partial charge in [0.1, 0.15) is 0 Å². The number of amides is 1. The first-order valence-corrected chi connectivity index (χ1v) is 10.6. The van der Waals surface area contributed by atoms with Crippen molar-refractivity contribution in [2.75, 3.05) is 32.1 Å². The standard InChI is InChI=1S/C22H26ClN3OS/c1-14-11-15(2)13-17(12-14)21(27)26(10-6-9-25(4)5)22-24-20-16(3)18(23)7-8-19(20)28-22/h7-8,11-13H,6,9-10H2,1-5H3. The molecule has 0 radical (unpaired) electrons. The van der Waals surface area contributed by atoms with E-state index in [0.717, 1.165) is 45.0 Å². The molecular weight excluding hydrogens is 390 g/mol. The Labute approximate surface area is 175 Å². The van der Waals surface area contributed by atoms with E-state index in [9.17, 15) is 4.79 Å². The van der Waals surface area contributed by atoms with Gasteiger partial charge in [-0.25, -0.2) is 4.98 Å². The summed E-state index contributed by atoms with van der Waals surface area (Å²) in [5.74, 6) is -0.00615. The molecule has 4 nitrogen and oxygen atoms in total. The lowest BCUT2D eigenvalue weighted by Crippen LogP contribution is -2.33. The minimum atomic E-state index is -0.00615. The number of benzene rings is 2. The first-order valence-electron chi connectivity index (χ1n) is 9.37. The first-order chi connectivity index (χ1) is 13.3. The molecule has 1 amide bonds. The van der Waals surface area contributed by atoms with Crippen molar-refractivity contribution in [3.05, 3.63) is 57.6 Å². The van der Waals surface area contributed by atoms with Crippen molar-refractivity contribution in [1.82, 2.24) is 9.88 Å². The highest BCUT2D eigenvalue weighted by molar-refractivity contribution is 7.22. The van der Waals surface area contributed by atoms with Crippen LogP contribution >= 0.6 is 22.9 Å². The summed E-state index contributed by atoms with van der Waals surface area (Å²) in [6, 6.07) is 9.85. The topological polar surface area (TPSA) is 36.4 Å². The van der Waals surface area contributed by atoms with Crippen LogP contribution in [0.4, 0.5) is 5.13 Å². The van der Waals surface area contributed by atoms with Gasteiger partial charge in [-0.2, -0.15) is 0 Å². The fourth-order valence-corrected chi connectivity index (χ4v) is 4.49. The lowest BCUT2D eigenvalue weighted by Gasteiger charge is -2.21. The van der Waals surface area contributed by atoms with Gasteiger partial charge in [0, 0.05) is 17.1 Å². The number of carbonyl (C=O) groups excluding carboxylic acids is 1. The number of aryl methyl sites for hydroxylation is 3. The Morgan fingerprint density at radius 1 is 1.07 bits per heavy atom. The van der Waals surface area contributed by atoms with Gasteiger partial charge >= 0.3 is 0 Å². The van der Waals surface area contributed by atoms with Crippen LogP contribution < -0.4 is 4.90 Å². The van der Waals surface area contributed by atoms with Crippen LogP contribution in [-0.2, 0) is 0 Å². The third kappa shape index (κ3) is 4.54. The molecule has 0 aliphatic carbocycles. The Morgan fingerprint density at radius 3 is 2.39 bits per heavy atom. The fraction of sp³-hybridized carbons (Fsp3) is 0.364. The van der Waals surface area contributed by atoms with Crippen molar-refractivity contribution in [1.29, 1.82) is 0 Å². The molecule has 1 aromatic heterocycles. The van der Waals surface area contributed by atoms with Crippen LogP contribution in [0.1, 0.15) is 33.5 Å². The van der Waals surface area contributed by atoms with Crippen LogP contribution in [0.3, 0.4) is 0 Å². The lowest BCUT2D eigenvalue weighted by molar-refractivity contribution is 0.0986. The number of hydrogen-bond donors (Lipinski definition) is 0. The van der Waals surface area contributed by atoms with E-state index in [-0.39, 0.29) is 5.91 Å². The quantitative estimate of drug-likeness (QED) is 0.535. The molecule has 2 aromatic carbocycles. The van der Waals surface area contributed by atoms with E-state index < -0.39 is 0 Å². The molecule has 0 aliphatic rings. The molecule has 0 unspecified atom stereocenters. The zero-order valence-electron chi connectivity index (χ0n) is 17.0. The number of halogens is 1. The summed E-state index contributed by atoms with van der Waals surface area (Å²) in [6.07, 6.45) is 0.874. The van der Waals surface area contributed by atoms with Crippen molar-refractivity contribution in [3.8, 4) is 0 Å². The van der Waals surface area contributed by atoms with Crippen molar-refractivity contribution < 1.29 is 4.79 Å². The first kappa shape index (κ1) is 20.8. The van der Waals surface area contributed by atoms with Gasteiger partial charge < -0.3 is 4.90 Å². The van der Waals surface area contributed by atoms with Gasteiger partial charge in [-0.1, -0.05) is 40.1 Å². The van der Waals surface area contributed by atoms with Crippen molar-refractivity contribution in [2.45, 2.75) is 27.2 Å². The van der Waals surface area contributed by atoms with E-state index in [2.05, 4.69) is 11.0 Å². The third-order valence-electron chi connectivity index (χ3n) is 4.67. The number of anilines is 1. The number of rotatable bonds is 6. The summed E-state index contributed by atoms with van der Waals surface area (Å²) in [5.41, 5.74) is 4.70. The van der Waals surface area contributed by atoms with Crippen molar-refractivity contribution >= 4 is 44.2 Å². The second-order valence-corrected chi connectivity index (χ2v) is 8.92. The number of nitrogens with zero attached hydrogens (tertiary/aromatic N) is 3. The van der Waals surface area contributed by atoms with E-state index in [1.54, 1.807) is 11.3 Å². The molecule has 0 N–H and O–H groups in total. The highest BCUT2D eigenvalue weighted by Crippen LogP contribution is 2.34. The van der Waals surface area contributed by atoms with Gasteiger partial charge in [0.15, 0.2) is 5.13 Å². The van der Waals surface area contributed by atoms with Gasteiger partial charge in [0.25, 0.3) is 5.91 Å². The average Bonchev–Trinajstić information content (AvgIpc) is 3.05. The summed E-state index contributed by atoms with van der Waals surface area (Å²) in [5, 5.41) is 1.42. The largest absolute Gasteiger partial charge is 0.309 e. The van der Waals surface area contributed by atoms with Gasteiger partial charge in [-0.05, 0) is 77.7 Å². The van der Waals surface area contributed by atoms with Crippen LogP contribution in [0.25, 0.3) is 10.2 Å². The monoisotopic (exact) mass is 415 g/mol. The Morgan fingerprint density at radius 2 is 1.75 bits per heavy atom. The molecule has 0 saturated heterocycles. The summed E-state index contributed by atoms with van der Waals surface area (Å²) in [6.45, 7) is 7.53. The molecule has 6 heteroatoms. The average molecular weight is 416 g/mol. The number of thiazole rings is 1. The van der Waals surface area contributed by atoms with Crippen LogP contribution in [0, 0.1) is 20.8 Å². The molecule has 148 valence electrons. The highest BCUT2D eigenvalue weighted by Gasteiger charge is 2.22. The van der Waals surface area contributed by atoms with Gasteiger partial charge in [-0.3, -0.25) is 9.69 Å². The maximum absolute atomic E-state index is 13.4. The minimum absolute atomic E-state index is 0.00615. The van der Waals surface area contributed by atoms with Crippen LogP contribution in [0.2, 0.25) is 5.02 Å². The number of aromatic nitrogens is 1. The van der Waals surface area contributed by atoms with Gasteiger partial charge in [0.05, 0.1) is 10.2 Å². The fourth-order valence-electron chi connectivity index (χ4n) is 3.29. The lowest BCUT2D eigenvalue weighted by atomic mass is 10.1. The highest BCUT2D eigenvalue weighted by atomic mass is 35.5. The second-order valence-electron chi connectivity index (χ2n) is 7.51. The molecule has 1 heterocycles. The molecule has 3 aromatic rings. The second kappa shape index (κ2) is 8.60. The zero-order chi connectivity index (χ0) is 20.4. The van der Waals surface area contributed by atoms with Crippen LogP contribution in [0.5, 0.6) is 0 Å². The Bertz CT molecular complexity index is 992. The number of carbonyl (C=O) groups is 1. The molecular formula is C22H26ClN3OS. The van der Waals surface area contributed by atoms with Crippen LogP contribution in [0.15, 0.2) is 30.3 Å². The summed E-state index contributed by atoms with van der Waals surface area (Å²) < 4.78 is 1.04. The Kier molecular flexibility index (Phi) is 6.38. The van der Waals surface area contributed by atoms with Gasteiger partial charge in [0.2, 0.25) is 0 Å². The Balaban J connectivity index is 2.01. The van der Waals surface area contributed by atoms with E-state index in [1.165, 1.54) is 0 Å². The predicted octanol–water partition coefficient (Wildman–Crippen LogP) is 5.47. The normalized spacial score (nSPS) is 11.4. The number of hydrogen-bond acceptors (Lipinski definition) is 4. The van der Waals surface area contributed by atoms with Crippen molar-refractivity contribution in [2.24, 2.45) is 0 Å². The Hall–Kier alpha value is -1.95. The molecule has 0 fully saturated rings. The molecule has 3 rings (SSSR count). The predicted molar refractivity (Wildman–Crippen MR) is 120 cm³/mol. The number of fused-ring (bicyclic) bond motifs is 1. The molecule has 28 heavy (non-hydrogen) atoms. The smallest absolute Gasteiger partial charge is 0.260 e. The molecule has 0 aliphatic heterocycles. The van der Waals surface area contributed by atoms with E-state index >= 15 is 0 Å². The maximum atomic E-state index is 13.4.